The monoisotopic (exact) mass is 343 g/mol. The quantitative estimate of drug-likeness (QED) is 0.888. The number of nitrogens with zero attached hydrogens (tertiary/aromatic N) is 2. The number of rotatable bonds is 5. The van der Waals surface area contributed by atoms with E-state index in [1.807, 2.05) is 38.4 Å². The van der Waals surface area contributed by atoms with Gasteiger partial charge in [0.15, 0.2) is 0 Å². The Kier molecular flexibility index (Phi) is 6.35. The first-order chi connectivity index (χ1) is 12.1. The van der Waals surface area contributed by atoms with Crippen LogP contribution in [0, 0.1) is 5.92 Å². The van der Waals surface area contributed by atoms with Crippen molar-refractivity contribution in [3.05, 3.63) is 29.8 Å². The van der Waals surface area contributed by atoms with Gasteiger partial charge in [0.1, 0.15) is 0 Å². The topological polar surface area (TPSA) is 35.6 Å². The van der Waals surface area contributed by atoms with Crippen LogP contribution >= 0.6 is 0 Å². The number of hydrogen-bond acceptors (Lipinski definition) is 3. The highest BCUT2D eigenvalue weighted by atomic mass is 16.1. The molecule has 1 saturated carbocycles. The first-order valence-electron chi connectivity index (χ1n) is 9.94. The fourth-order valence-electron chi connectivity index (χ4n) is 4.25. The molecule has 1 N–H and O–H groups in total. The lowest BCUT2D eigenvalue weighted by Gasteiger charge is -2.37. The van der Waals surface area contributed by atoms with Crippen molar-refractivity contribution in [2.24, 2.45) is 5.92 Å². The van der Waals surface area contributed by atoms with Crippen LogP contribution < -0.4 is 10.2 Å². The number of carbonyl (C=O) groups is 1. The SMILES string of the molecule is CN(C)c1ccc(C(=O)NC2CCCCC2CN2CCCCC2)cc1. The number of piperidine rings is 1. The molecule has 0 spiro atoms. The molecule has 1 aliphatic heterocycles. The van der Waals surface area contributed by atoms with Crippen LogP contribution in [-0.4, -0.2) is 50.6 Å². The molecule has 1 heterocycles. The van der Waals surface area contributed by atoms with Gasteiger partial charge >= 0.3 is 0 Å². The summed E-state index contributed by atoms with van der Waals surface area (Å²) in [6, 6.07) is 8.24. The molecular formula is C21H33N3O. The number of amides is 1. The Morgan fingerprint density at radius 2 is 1.72 bits per heavy atom. The molecule has 138 valence electrons. The molecule has 0 bridgehead atoms. The predicted octanol–water partition coefficient (Wildman–Crippen LogP) is 3.53. The van der Waals surface area contributed by atoms with Gasteiger partial charge in [0.25, 0.3) is 5.91 Å². The van der Waals surface area contributed by atoms with Gasteiger partial charge in [0.05, 0.1) is 0 Å². The highest BCUT2D eigenvalue weighted by molar-refractivity contribution is 5.94. The molecule has 3 rings (SSSR count). The highest BCUT2D eigenvalue weighted by Gasteiger charge is 2.28. The van der Waals surface area contributed by atoms with Gasteiger partial charge in [-0.1, -0.05) is 19.3 Å². The van der Waals surface area contributed by atoms with Crippen molar-refractivity contribution in [1.82, 2.24) is 10.2 Å². The molecule has 1 saturated heterocycles. The molecule has 2 unspecified atom stereocenters. The van der Waals surface area contributed by atoms with Crippen LogP contribution in [0.2, 0.25) is 0 Å². The van der Waals surface area contributed by atoms with E-state index in [9.17, 15) is 4.79 Å². The fourth-order valence-corrected chi connectivity index (χ4v) is 4.25. The number of benzene rings is 1. The Bertz CT molecular complexity index is 549. The Labute approximate surface area is 152 Å². The van der Waals surface area contributed by atoms with E-state index in [0.29, 0.717) is 12.0 Å². The molecule has 2 fully saturated rings. The molecular weight excluding hydrogens is 310 g/mol. The van der Waals surface area contributed by atoms with E-state index in [0.717, 1.165) is 24.2 Å². The fraction of sp³-hybridized carbons (Fsp3) is 0.667. The Balaban J connectivity index is 1.59. The summed E-state index contributed by atoms with van der Waals surface area (Å²) >= 11 is 0. The van der Waals surface area contributed by atoms with Crippen LogP contribution in [0.15, 0.2) is 24.3 Å². The molecule has 1 aromatic rings. The summed E-state index contributed by atoms with van der Waals surface area (Å²) in [5.74, 6) is 0.692. The van der Waals surface area contributed by atoms with E-state index in [4.69, 9.17) is 0 Å². The summed E-state index contributed by atoms with van der Waals surface area (Å²) in [5, 5.41) is 3.34. The maximum Gasteiger partial charge on any atom is 0.251 e. The lowest BCUT2D eigenvalue weighted by atomic mass is 9.83. The van der Waals surface area contributed by atoms with Crippen LogP contribution in [0.25, 0.3) is 0 Å². The minimum atomic E-state index is 0.0841. The minimum absolute atomic E-state index is 0.0841. The molecule has 0 aromatic heterocycles. The summed E-state index contributed by atoms with van der Waals surface area (Å²) < 4.78 is 0. The van der Waals surface area contributed by atoms with Crippen molar-refractivity contribution in [1.29, 1.82) is 0 Å². The zero-order chi connectivity index (χ0) is 17.6. The number of likely N-dealkylation sites (tertiary alicyclic amines) is 1. The van der Waals surface area contributed by atoms with Gasteiger partial charge in [-0.3, -0.25) is 4.79 Å². The number of nitrogens with one attached hydrogen (secondary N) is 1. The van der Waals surface area contributed by atoms with Gasteiger partial charge in [-0.2, -0.15) is 0 Å². The first-order valence-corrected chi connectivity index (χ1v) is 9.94. The van der Waals surface area contributed by atoms with Crippen molar-refractivity contribution in [3.8, 4) is 0 Å². The second-order valence-corrected chi connectivity index (χ2v) is 7.93. The Morgan fingerprint density at radius 3 is 2.40 bits per heavy atom. The summed E-state index contributed by atoms with van der Waals surface area (Å²) in [6.45, 7) is 3.64. The van der Waals surface area contributed by atoms with Crippen molar-refractivity contribution in [2.45, 2.75) is 51.0 Å². The van der Waals surface area contributed by atoms with Gasteiger partial charge in [-0.15, -0.1) is 0 Å². The maximum absolute atomic E-state index is 12.7. The molecule has 0 radical (unpaired) electrons. The first kappa shape index (κ1) is 18.2. The van der Waals surface area contributed by atoms with Crippen molar-refractivity contribution >= 4 is 11.6 Å². The third kappa shape index (κ3) is 4.97. The Hall–Kier alpha value is -1.55. The van der Waals surface area contributed by atoms with Crippen molar-refractivity contribution in [2.75, 3.05) is 38.6 Å². The molecule has 25 heavy (non-hydrogen) atoms. The van der Waals surface area contributed by atoms with Crippen LogP contribution in [-0.2, 0) is 0 Å². The van der Waals surface area contributed by atoms with E-state index in [2.05, 4.69) is 15.1 Å². The van der Waals surface area contributed by atoms with Gasteiger partial charge < -0.3 is 15.1 Å². The number of anilines is 1. The largest absolute Gasteiger partial charge is 0.378 e. The summed E-state index contributed by atoms with van der Waals surface area (Å²) in [4.78, 5) is 17.4. The average Bonchev–Trinajstić information content (AvgIpc) is 2.64. The Morgan fingerprint density at radius 1 is 1.04 bits per heavy atom. The molecule has 2 aliphatic rings. The van der Waals surface area contributed by atoms with Crippen LogP contribution in [0.1, 0.15) is 55.3 Å². The zero-order valence-electron chi connectivity index (χ0n) is 15.8. The predicted molar refractivity (Wildman–Crippen MR) is 104 cm³/mol. The molecule has 4 heteroatoms. The summed E-state index contributed by atoms with van der Waals surface area (Å²) in [7, 11) is 4.03. The average molecular weight is 344 g/mol. The third-order valence-corrected chi connectivity index (χ3v) is 5.81. The molecule has 1 amide bonds. The summed E-state index contributed by atoms with van der Waals surface area (Å²) in [6.07, 6.45) is 8.97. The number of hydrogen-bond donors (Lipinski definition) is 1. The van der Waals surface area contributed by atoms with E-state index >= 15 is 0 Å². The standard InChI is InChI=1S/C21H33N3O/c1-23(2)19-12-10-17(11-13-19)21(25)22-20-9-5-4-8-18(20)16-24-14-6-3-7-15-24/h10-13,18,20H,3-9,14-16H2,1-2H3,(H,22,25). The normalized spacial score (nSPS) is 24.7. The smallest absolute Gasteiger partial charge is 0.251 e. The van der Waals surface area contributed by atoms with E-state index in [1.165, 1.54) is 51.6 Å². The second kappa shape index (κ2) is 8.70. The summed E-state index contributed by atoms with van der Waals surface area (Å²) in [5.41, 5.74) is 1.89. The van der Waals surface area contributed by atoms with Gasteiger partial charge in [-0.25, -0.2) is 0 Å². The second-order valence-electron chi connectivity index (χ2n) is 7.93. The molecule has 1 aromatic carbocycles. The molecule has 1 aliphatic carbocycles. The van der Waals surface area contributed by atoms with Crippen LogP contribution in [0.5, 0.6) is 0 Å². The van der Waals surface area contributed by atoms with E-state index in [1.54, 1.807) is 0 Å². The lowest BCUT2D eigenvalue weighted by molar-refractivity contribution is 0.0877. The molecule has 2 atom stereocenters. The van der Waals surface area contributed by atoms with Crippen LogP contribution in [0.3, 0.4) is 0 Å². The zero-order valence-corrected chi connectivity index (χ0v) is 15.8. The van der Waals surface area contributed by atoms with Gasteiger partial charge in [-0.05, 0) is 69.0 Å². The van der Waals surface area contributed by atoms with Gasteiger partial charge in [0.2, 0.25) is 0 Å². The van der Waals surface area contributed by atoms with Crippen LogP contribution in [0.4, 0.5) is 5.69 Å². The third-order valence-electron chi connectivity index (χ3n) is 5.81. The number of carbonyl (C=O) groups excluding carboxylic acids is 1. The van der Waals surface area contributed by atoms with E-state index in [-0.39, 0.29) is 5.91 Å². The van der Waals surface area contributed by atoms with Crippen molar-refractivity contribution < 1.29 is 4.79 Å². The lowest BCUT2D eigenvalue weighted by Crippen LogP contribution is -2.47. The van der Waals surface area contributed by atoms with Crippen molar-refractivity contribution in [3.63, 3.8) is 0 Å². The minimum Gasteiger partial charge on any atom is -0.378 e. The highest BCUT2D eigenvalue weighted by Crippen LogP contribution is 2.27. The molecule has 4 nitrogen and oxygen atoms in total. The van der Waals surface area contributed by atoms with Gasteiger partial charge in [0, 0.05) is 37.9 Å². The van der Waals surface area contributed by atoms with E-state index < -0.39 is 0 Å². The maximum atomic E-state index is 12.7.